The van der Waals surface area contributed by atoms with Crippen molar-refractivity contribution in [2.24, 2.45) is 0 Å². The standard InChI is InChI=1S/C24H29N3O3S2/c1-3-30-15-6-14-27-23(29)20-7-4-5-8-21(20)26-24(27)32-17-22(28)25-13-16-31-19-11-9-18(2)10-12-19/h4-5,7-12H,3,6,13-17H2,1-2H3,(H,25,28). The van der Waals surface area contributed by atoms with Gasteiger partial charge in [0.25, 0.3) is 5.56 Å². The Morgan fingerprint density at radius 1 is 1.12 bits per heavy atom. The number of rotatable bonds is 12. The molecule has 0 radical (unpaired) electrons. The minimum atomic E-state index is -0.0792. The molecule has 0 saturated heterocycles. The number of carbonyl (C=O) groups is 1. The topological polar surface area (TPSA) is 73.2 Å². The van der Waals surface area contributed by atoms with Gasteiger partial charge in [-0.25, -0.2) is 4.98 Å². The van der Waals surface area contributed by atoms with E-state index < -0.39 is 0 Å². The Labute approximate surface area is 197 Å². The molecule has 1 aromatic heterocycles. The first-order valence-corrected chi connectivity index (χ1v) is 12.7. The van der Waals surface area contributed by atoms with Crippen LogP contribution < -0.4 is 10.9 Å². The van der Waals surface area contributed by atoms with Crippen LogP contribution in [-0.4, -0.2) is 46.7 Å². The van der Waals surface area contributed by atoms with Crippen molar-refractivity contribution in [3.8, 4) is 0 Å². The van der Waals surface area contributed by atoms with Gasteiger partial charge in [-0.15, -0.1) is 11.8 Å². The van der Waals surface area contributed by atoms with Gasteiger partial charge in [-0.1, -0.05) is 41.6 Å². The molecule has 1 N–H and O–H groups in total. The zero-order valence-corrected chi connectivity index (χ0v) is 20.1. The largest absolute Gasteiger partial charge is 0.382 e. The molecule has 0 aliphatic rings. The number of carbonyl (C=O) groups excluding carboxylic acids is 1. The van der Waals surface area contributed by atoms with E-state index in [9.17, 15) is 9.59 Å². The van der Waals surface area contributed by atoms with Gasteiger partial charge in [0.05, 0.1) is 16.7 Å². The molecule has 3 rings (SSSR count). The fraction of sp³-hybridized carbons (Fsp3) is 0.375. The maximum absolute atomic E-state index is 13.0. The summed E-state index contributed by atoms with van der Waals surface area (Å²) in [5.74, 6) is 0.948. The van der Waals surface area contributed by atoms with Crippen LogP contribution in [0.1, 0.15) is 18.9 Å². The minimum absolute atomic E-state index is 0.0669. The first kappa shape index (κ1) is 24.4. The van der Waals surface area contributed by atoms with Crippen LogP contribution in [0, 0.1) is 6.92 Å². The van der Waals surface area contributed by atoms with Crippen molar-refractivity contribution in [3.63, 3.8) is 0 Å². The predicted octanol–water partition coefficient (Wildman–Crippen LogP) is 4.13. The zero-order valence-electron chi connectivity index (χ0n) is 18.5. The predicted molar refractivity (Wildman–Crippen MR) is 133 cm³/mol. The maximum atomic E-state index is 13.0. The third kappa shape index (κ3) is 7.12. The van der Waals surface area contributed by atoms with Gasteiger partial charge in [0.1, 0.15) is 0 Å². The Hall–Kier alpha value is -2.29. The van der Waals surface area contributed by atoms with Gasteiger partial charge < -0.3 is 10.1 Å². The lowest BCUT2D eigenvalue weighted by Crippen LogP contribution is -2.28. The summed E-state index contributed by atoms with van der Waals surface area (Å²) in [4.78, 5) is 31.2. The molecule has 2 aromatic carbocycles. The quantitative estimate of drug-likeness (QED) is 0.243. The summed E-state index contributed by atoms with van der Waals surface area (Å²) in [6.45, 7) is 6.34. The molecular formula is C24H29N3O3S2. The summed E-state index contributed by atoms with van der Waals surface area (Å²) in [6, 6.07) is 15.7. The average Bonchev–Trinajstić information content (AvgIpc) is 2.80. The molecule has 1 heterocycles. The highest BCUT2D eigenvalue weighted by atomic mass is 32.2. The van der Waals surface area contributed by atoms with Gasteiger partial charge in [-0.2, -0.15) is 0 Å². The molecule has 0 aliphatic carbocycles. The first-order valence-electron chi connectivity index (χ1n) is 10.7. The lowest BCUT2D eigenvalue weighted by Gasteiger charge is -2.13. The van der Waals surface area contributed by atoms with E-state index in [-0.39, 0.29) is 17.2 Å². The number of amides is 1. The molecule has 0 bridgehead atoms. The third-order valence-electron chi connectivity index (χ3n) is 4.75. The number of aryl methyl sites for hydroxylation is 1. The second-order valence-electron chi connectivity index (χ2n) is 7.22. The molecule has 0 atom stereocenters. The fourth-order valence-corrected chi connectivity index (χ4v) is 4.72. The van der Waals surface area contributed by atoms with Crippen molar-refractivity contribution in [1.82, 2.24) is 14.9 Å². The summed E-state index contributed by atoms with van der Waals surface area (Å²) < 4.78 is 7.06. The number of hydrogen-bond acceptors (Lipinski definition) is 6. The van der Waals surface area contributed by atoms with E-state index in [1.807, 2.05) is 25.1 Å². The Balaban J connectivity index is 1.56. The monoisotopic (exact) mass is 471 g/mol. The molecule has 0 unspecified atom stereocenters. The Morgan fingerprint density at radius 2 is 1.91 bits per heavy atom. The molecule has 0 saturated carbocycles. The van der Waals surface area contributed by atoms with Crippen LogP contribution in [0.2, 0.25) is 0 Å². The summed E-state index contributed by atoms with van der Waals surface area (Å²) in [6.07, 6.45) is 0.712. The smallest absolute Gasteiger partial charge is 0.262 e. The van der Waals surface area contributed by atoms with E-state index >= 15 is 0 Å². The van der Waals surface area contributed by atoms with Gasteiger partial charge in [-0.05, 0) is 44.5 Å². The zero-order chi connectivity index (χ0) is 22.8. The van der Waals surface area contributed by atoms with Crippen LogP contribution in [0.25, 0.3) is 10.9 Å². The molecule has 3 aromatic rings. The Bertz CT molecular complexity index is 1080. The highest BCUT2D eigenvalue weighted by Crippen LogP contribution is 2.19. The molecule has 170 valence electrons. The van der Waals surface area contributed by atoms with E-state index in [1.54, 1.807) is 22.4 Å². The third-order valence-corrected chi connectivity index (χ3v) is 6.74. The molecule has 0 aliphatic heterocycles. The number of para-hydroxylation sites is 1. The Morgan fingerprint density at radius 3 is 2.69 bits per heavy atom. The number of fused-ring (bicyclic) bond motifs is 1. The summed E-state index contributed by atoms with van der Waals surface area (Å²) in [7, 11) is 0. The lowest BCUT2D eigenvalue weighted by molar-refractivity contribution is -0.118. The van der Waals surface area contributed by atoms with Crippen molar-refractivity contribution in [3.05, 3.63) is 64.4 Å². The number of ether oxygens (including phenoxy) is 1. The minimum Gasteiger partial charge on any atom is -0.382 e. The van der Waals surface area contributed by atoms with E-state index in [0.29, 0.717) is 48.8 Å². The van der Waals surface area contributed by atoms with Crippen LogP contribution in [0.4, 0.5) is 0 Å². The van der Waals surface area contributed by atoms with Crippen molar-refractivity contribution in [2.75, 3.05) is 31.3 Å². The van der Waals surface area contributed by atoms with Crippen molar-refractivity contribution in [1.29, 1.82) is 0 Å². The number of nitrogens with one attached hydrogen (secondary N) is 1. The van der Waals surface area contributed by atoms with Crippen molar-refractivity contribution < 1.29 is 9.53 Å². The highest BCUT2D eigenvalue weighted by Gasteiger charge is 2.13. The number of nitrogens with zero attached hydrogens (tertiary/aromatic N) is 2. The summed E-state index contributed by atoms with van der Waals surface area (Å²) >= 11 is 3.01. The van der Waals surface area contributed by atoms with E-state index in [2.05, 4.69) is 41.5 Å². The molecule has 0 fully saturated rings. The lowest BCUT2D eigenvalue weighted by atomic mass is 10.2. The van der Waals surface area contributed by atoms with Gasteiger partial charge in [-0.3, -0.25) is 14.2 Å². The summed E-state index contributed by atoms with van der Waals surface area (Å²) in [5.41, 5.74) is 1.80. The van der Waals surface area contributed by atoms with Gasteiger partial charge in [0, 0.05) is 37.0 Å². The van der Waals surface area contributed by atoms with Gasteiger partial charge in [0.2, 0.25) is 5.91 Å². The summed E-state index contributed by atoms with van der Waals surface area (Å²) in [5, 5.41) is 4.10. The molecule has 32 heavy (non-hydrogen) atoms. The number of benzene rings is 2. The van der Waals surface area contributed by atoms with Crippen LogP contribution in [0.3, 0.4) is 0 Å². The molecule has 6 nitrogen and oxygen atoms in total. The normalized spacial score (nSPS) is 11.1. The molecular weight excluding hydrogens is 442 g/mol. The number of aromatic nitrogens is 2. The number of hydrogen-bond donors (Lipinski definition) is 1. The SMILES string of the molecule is CCOCCCn1c(SCC(=O)NCCSc2ccc(C)cc2)nc2ccccc2c1=O. The fourth-order valence-electron chi connectivity index (χ4n) is 3.10. The Kier molecular flexibility index (Phi) is 9.64. The second-order valence-corrected chi connectivity index (χ2v) is 9.33. The molecule has 8 heteroatoms. The van der Waals surface area contributed by atoms with Crippen molar-refractivity contribution in [2.45, 2.75) is 36.9 Å². The van der Waals surface area contributed by atoms with Gasteiger partial charge in [0.15, 0.2) is 5.16 Å². The van der Waals surface area contributed by atoms with Crippen LogP contribution in [-0.2, 0) is 16.1 Å². The van der Waals surface area contributed by atoms with E-state index in [0.717, 1.165) is 5.75 Å². The number of thioether (sulfide) groups is 2. The second kappa shape index (κ2) is 12.7. The van der Waals surface area contributed by atoms with Crippen LogP contribution in [0.15, 0.2) is 63.4 Å². The average molecular weight is 472 g/mol. The highest BCUT2D eigenvalue weighted by molar-refractivity contribution is 7.99. The van der Waals surface area contributed by atoms with Crippen LogP contribution in [0.5, 0.6) is 0 Å². The van der Waals surface area contributed by atoms with Gasteiger partial charge >= 0.3 is 0 Å². The molecule has 0 spiro atoms. The van der Waals surface area contributed by atoms with E-state index in [4.69, 9.17) is 4.74 Å². The van der Waals surface area contributed by atoms with Crippen LogP contribution >= 0.6 is 23.5 Å². The maximum Gasteiger partial charge on any atom is 0.262 e. The van der Waals surface area contributed by atoms with E-state index in [1.165, 1.54) is 22.2 Å². The van der Waals surface area contributed by atoms with Crippen molar-refractivity contribution >= 4 is 40.3 Å². The molecule has 1 amide bonds. The first-order chi connectivity index (χ1) is 15.6.